The number of benzene rings is 2. The van der Waals surface area contributed by atoms with Gasteiger partial charge in [0, 0.05) is 32.1 Å². The van der Waals surface area contributed by atoms with E-state index >= 15 is 0 Å². The Morgan fingerprint density at radius 2 is 1.72 bits per heavy atom. The van der Waals surface area contributed by atoms with Gasteiger partial charge in [0.25, 0.3) is 0 Å². The second kappa shape index (κ2) is 10.6. The first kappa shape index (κ1) is 23.1. The fourth-order valence-electron chi connectivity index (χ4n) is 2.36. The van der Waals surface area contributed by atoms with Crippen LogP contribution < -0.4 is 9.62 Å². The van der Waals surface area contributed by atoms with Crippen molar-refractivity contribution >= 4 is 33.6 Å². The SMILES string of the molecule is CN(C)S(=O)(=O)N(CC(=O)NCCSCc1ccccc1F)c1ccc(F)cc1. The summed E-state index contributed by atoms with van der Waals surface area (Å²) in [6, 6.07) is 11.3. The van der Waals surface area contributed by atoms with Gasteiger partial charge in [-0.15, -0.1) is 0 Å². The molecule has 2 aromatic rings. The molecule has 0 saturated heterocycles. The molecular formula is C19H23F2N3O3S2. The zero-order chi connectivity index (χ0) is 21.4. The van der Waals surface area contributed by atoms with E-state index in [9.17, 15) is 22.0 Å². The number of rotatable bonds is 10. The highest BCUT2D eigenvalue weighted by Crippen LogP contribution is 2.20. The molecule has 0 heterocycles. The van der Waals surface area contributed by atoms with Crippen LogP contribution in [-0.2, 0) is 20.8 Å². The number of hydrogen-bond donors (Lipinski definition) is 1. The Morgan fingerprint density at radius 3 is 2.34 bits per heavy atom. The molecule has 0 fully saturated rings. The first-order valence-corrected chi connectivity index (χ1v) is 11.3. The van der Waals surface area contributed by atoms with E-state index in [4.69, 9.17) is 0 Å². The number of amides is 1. The normalized spacial score (nSPS) is 11.5. The van der Waals surface area contributed by atoms with Crippen molar-refractivity contribution in [3.63, 3.8) is 0 Å². The third-order valence-corrected chi connectivity index (χ3v) is 6.75. The fraction of sp³-hybridized carbons (Fsp3) is 0.316. The number of carbonyl (C=O) groups excluding carboxylic acids is 1. The average molecular weight is 444 g/mol. The Balaban J connectivity index is 1.91. The van der Waals surface area contributed by atoms with Gasteiger partial charge in [0.05, 0.1) is 5.69 Å². The Morgan fingerprint density at radius 1 is 1.07 bits per heavy atom. The third-order valence-electron chi connectivity index (χ3n) is 3.93. The molecule has 2 rings (SSSR count). The van der Waals surface area contributed by atoms with Crippen LogP contribution in [0.25, 0.3) is 0 Å². The number of nitrogens with one attached hydrogen (secondary N) is 1. The molecule has 0 aliphatic heterocycles. The van der Waals surface area contributed by atoms with Crippen LogP contribution in [0.3, 0.4) is 0 Å². The highest BCUT2D eigenvalue weighted by molar-refractivity contribution is 7.98. The van der Waals surface area contributed by atoms with Crippen LogP contribution in [0.2, 0.25) is 0 Å². The second-order valence-corrected chi connectivity index (χ2v) is 9.44. The van der Waals surface area contributed by atoms with Crippen molar-refractivity contribution in [3.05, 3.63) is 65.7 Å². The Labute approximate surface area is 174 Å². The van der Waals surface area contributed by atoms with E-state index in [2.05, 4.69) is 5.32 Å². The van der Waals surface area contributed by atoms with Crippen LogP contribution in [0, 0.1) is 11.6 Å². The molecule has 10 heteroatoms. The van der Waals surface area contributed by atoms with Crippen molar-refractivity contribution in [2.24, 2.45) is 0 Å². The molecule has 158 valence electrons. The lowest BCUT2D eigenvalue weighted by molar-refractivity contribution is -0.119. The Bertz CT molecular complexity index is 923. The maximum atomic E-state index is 13.6. The van der Waals surface area contributed by atoms with E-state index in [0.717, 1.165) is 20.7 Å². The molecule has 2 aromatic carbocycles. The molecule has 0 saturated carbocycles. The molecule has 0 aliphatic rings. The Hall–Kier alpha value is -2.17. The van der Waals surface area contributed by atoms with Crippen LogP contribution in [0.15, 0.2) is 48.5 Å². The number of hydrogen-bond acceptors (Lipinski definition) is 4. The van der Waals surface area contributed by atoms with Gasteiger partial charge in [0.15, 0.2) is 0 Å². The maximum Gasteiger partial charge on any atom is 0.304 e. The summed E-state index contributed by atoms with van der Waals surface area (Å²) in [5.41, 5.74) is 0.771. The summed E-state index contributed by atoms with van der Waals surface area (Å²) in [6.45, 7) is -0.138. The zero-order valence-electron chi connectivity index (χ0n) is 16.1. The Kier molecular flexibility index (Phi) is 8.42. The van der Waals surface area contributed by atoms with E-state index in [1.165, 1.54) is 44.1 Å². The third kappa shape index (κ3) is 6.69. The van der Waals surface area contributed by atoms with E-state index in [1.54, 1.807) is 18.2 Å². The summed E-state index contributed by atoms with van der Waals surface area (Å²) in [5, 5.41) is 2.65. The molecule has 0 aliphatic carbocycles. The van der Waals surface area contributed by atoms with Crippen LogP contribution in [0.4, 0.5) is 14.5 Å². The van der Waals surface area contributed by atoms with Crippen LogP contribution in [0.5, 0.6) is 0 Å². The predicted octanol–water partition coefficient (Wildman–Crippen LogP) is 2.63. The lowest BCUT2D eigenvalue weighted by Crippen LogP contribution is -2.46. The van der Waals surface area contributed by atoms with Gasteiger partial charge in [0.2, 0.25) is 5.91 Å². The zero-order valence-corrected chi connectivity index (χ0v) is 17.8. The molecule has 0 bridgehead atoms. The van der Waals surface area contributed by atoms with Crippen molar-refractivity contribution in [1.82, 2.24) is 9.62 Å². The minimum atomic E-state index is -3.94. The first-order valence-electron chi connectivity index (χ1n) is 8.75. The second-order valence-electron chi connectivity index (χ2n) is 6.27. The predicted molar refractivity (Wildman–Crippen MR) is 112 cm³/mol. The monoisotopic (exact) mass is 443 g/mol. The number of nitrogens with zero attached hydrogens (tertiary/aromatic N) is 2. The number of carbonyl (C=O) groups is 1. The van der Waals surface area contributed by atoms with Crippen molar-refractivity contribution in [2.45, 2.75) is 5.75 Å². The minimum absolute atomic E-state index is 0.184. The topological polar surface area (TPSA) is 69.7 Å². The van der Waals surface area contributed by atoms with E-state index < -0.39 is 28.5 Å². The maximum absolute atomic E-state index is 13.6. The molecule has 1 amide bonds. The van der Waals surface area contributed by atoms with Gasteiger partial charge >= 0.3 is 10.2 Å². The largest absolute Gasteiger partial charge is 0.354 e. The summed E-state index contributed by atoms with van der Waals surface area (Å²) >= 11 is 1.45. The van der Waals surface area contributed by atoms with Crippen molar-refractivity contribution in [3.8, 4) is 0 Å². The lowest BCUT2D eigenvalue weighted by atomic mass is 10.2. The van der Waals surface area contributed by atoms with E-state index in [0.29, 0.717) is 23.6 Å². The summed E-state index contributed by atoms with van der Waals surface area (Å²) in [6.07, 6.45) is 0. The molecule has 0 atom stereocenters. The highest BCUT2D eigenvalue weighted by Gasteiger charge is 2.27. The quantitative estimate of drug-likeness (QED) is 0.573. The summed E-state index contributed by atoms with van der Waals surface area (Å²) in [7, 11) is -1.24. The molecule has 0 aromatic heterocycles. The van der Waals surface area contributed by atoms with Gasteiger partial charge < -0.3 is 5.32 Å². The molecular weight excluding hydrogens is 420 g/mol. The van der Waals surface area contributed by atoms with Gasteiger partial charge in [-0.05, 0) is 35.9 Å². The number of anilines is 1. The molecule has 0 unspecified atom stereocenters. The van der Waals surface area contributed by atoms with Gasteiger partial charge in [-0.1, -0.05) is 18.2 Å². The van der Waals surface area contributed by atoms with Gasteiger partial charge in [-0.3, -0.25) is 4.79 Å². The molecule has 6 nitrogen and oxygen atoms in total. The molecule has 0 spiro atoms. The standard InChI is InChI=1S/C19H23F2N3O3S2/c1-23(2)29(26,27)24(17-9-7-16(20)8-10-17)13-19(25)22-11-12-28-14-15-5-3-4-6-18(15)21/h3-10H,11-14H2,1-2H3,(H,22,25). The lowest BCUT2D eigenvalue weighted by Gasteiger charge is -2.26. The molecule has 0 radical (unpaired) electrons. The molecule has 1 N–H and O–H groups in total. The van der Waals surface area contributed by atoms with Crippen molar-refractivity contribution in [2.75, 3.05) is 37.2 Å². The first-order chi connectivity index (χ1) is 13.7. The summed E-state index contributed by atoms with van der Waals surface area (Å²) in [4.78, 5) is 12.3. The highest BCUT2D eigenvalue weighted by atomic mass is 32.2. The summed E-state index contributed by atoms with van der Waals surface area (Å²) < 4.78 is 53.7. The summed E-state index contributed by atoms with van der Waals surface area (Å²) in [5.74, 6) is -0.262. The van der Waals surface area contributed by atoms with Crippen LogP contribution in [0.1, 0.15) is 5.56 Å². The van der Waals surface area contributed by atoms with Crippen molar-refractivity contribution < 1.29 is 22.0 Å². The van der Waals surface area contributed by atoms with Crippen LogP contribution in [-0.4, -0.2) is 51.6 Å². The van der Waals surface area contributed by atoms with E-state index in [1.807, 2.05) is 0 Å². The smallest absolute Gasteiger partial charge is 0.304 e. The number of thioether (sulfide) groups is 1. The number of halogens is 2. The van der Waals surface area contributed by atoms with Gasteiger partial charge in [-0.2, -0.15) is 24.5 Å². The van der Waals surface area contributed by atoms with E-state index in [-0.39, 0.29) is 11.5 Å². The van der Waals surface area contributed by atoms with Gasteiger partial charge in [0.1, 0.15) is 18.2 Å². The minimum Gasteiger partial charge on any atom is -0.354 e. The average Bonchev–Trinajstić information content (AvgIpc) is 2.68. The molecule has 29 heavy (non-hydrogen) atoms. The van der Waals surface area contributed by atoms with Crippen molar-refractivity contribution in [1.29, 1.82) is 0 Å². The fourth-order valence-corrected chi connectivity index (χ4v) is 4.26. The van der Waals surface area contributed by atoms with Crippen LogP contribution >= 0.6 is 11.8 Å². The van der Waals surface area contributed by atoms with Gasteiger partial charge in [-0.25, -0.2) is 13.1 Å².